The first kappa shape index (κ1) is 20.0. The molecule has 1 heterocycles. The van der Waals surface area contributed by atoms with Gasteiger partial charge >= 0.3 is 6.09 Å². The van der Waals surface area contributed by atoms with Gasteiger partial charge < -0.3 is 15.8 Å². The van der Waals surface area contributed by atoms with Crippen LogP contribution in [0.1, 0.15) is 40.0 Å². The van der Waals surface area contributed by atoms with E-state index in [0.717, 1.165) is 34.5 Å². The third-order valence-corrected chi connectivity index (χ3v) is 6.23. The second-order valence-electron chi connectivity index (χ2n) is 8.94. The van der Waals surface area contributed by atoms with E-state index in [9.17, 15) is 9.59 Å². The minimum Gasteiger partial charge on any atom is -0.444 e. The van der Waals surface area contributed by atoms with E-state index >= 15 is 0 Å². The van der Waals surface area contributed by atoms with Crippen molar-refractivity contribution >= 4 is 50.1 Å². The Morgan fingerprint density at radius 3 is 2.69 bits per heavy atom. The summed E-state index contributed by atoms with van der Waals surface area (Å²) in [7, 11) is 0. The Labute approximate surface area is 178 Å². The topological polar surface area (TPSA) is 84.7 Å². The average Bonchev–Trinajstić information content (AvgIpc) is 3.24. The largest absolute Gasteiger partial charge is 0.444 e. The molecule has 3 atom stereocenters. The van der Waals surface area contributed by atoms with Gasteiger partial charge in [-0.1, -0.05) is 28.1 Å². The highest BCUT2D eigenvalue weighted by molar-refractivity contribution is 9.10. The molecule has 2 aromatic carbocycles. The molecule has 0 radical (unpaired) electrons. The van der Waals surface area contributed by atoms with Gasteiger partial charge in [-0.25, -0.2) is 4.79 Å². The van der Waals surface area contributed by atoms with Gasteiger partial charge in [0.25, 0.3) is 0 Å². The number of hydrogen-bond donors (Lipinski definition) is 2. The fourth-order valence-electron chi connectivity index (χ4n) is 4.54. The molecule has 1 saturated carbocycles. The molecule has 4 rings (SSSR count). The third-order valence-electron chi connectivity index (χ3n) is 5.74. The fourth-order valence-corrected chi connectivity index (χ4v) is 4.92. The van der Waals surface area contributed by atoms with E-state index in [-0.39, 0.29) is 17.9 Å². The van der Waals surface area contributed by atoms with Crippen LogP contribution in [0.2, 0.25) is 0 Å². The van der Waals surface area contributed by atoms with Crippen LogP contribution in [0.15, 0.2) is 34.8 Å². The third kappa shape index (κ3) is 3.80. The number of rotatable bonds is 2. The summed E-state index contributed by atoms with van der Waals surface area (Å²) >= 11 is 3.46. The van der Waals surface area contributed by atoms with Gasteiger partial charge in [-0.2, -0.15) is 0 Å². The lowest BCUT2D eigenvalue weighted by Crippen LogP contribution is -2.52. The zero-order valence-corrected chi connectivity index (χ0v) is 18.5. The maximum atomic E-state index is 13.2. The van der Waals surface area contributed by atoms with Gasteiger partial charge in [0.1, 0.15) is 11.6 Å². The molecule has 154 valence electrons. The lowest BCUT2D eigenvalue weighted by molar-refractivity contribution is -0.122. The monoisotopic (exact) mass is 459 g/mol. The molecular formula is C22H26BrN3O3. The Kier molecular flexibility index (Phi) is 4.97. The number of ether oxygens (including phenoxy) is 1. The number of carbonyl (C=O) groups is 2. The predicted molar refractivity (Wildman–Crippen MR) is 118 cm³/mol. The first-order valence-electron chi connectivity index (χ1n) is 9.94. The van der Waals surface area contributed by atoms with E-state index < -0.39 is 17.7 Å². The summed E-state index contributed by atoms with van der Waals surface area (Å²) in [4.78, 5) is 27.6. The molecule has 6 nitrogen and oxygen atoms in total. The van der Waals surface area contributed by atoms with Crippen molar-refractivity contribution in [3.05, 3.63) is 34.8 Å². The first-order chi connectivity index (χ1) is 13.6. The molecule has 1 aliphatic heterocycles. The molecule has 2 bridgehead atoms. The van der Waals surface area contributed by atoms with Crippen LogP contribution in [0.25, 0.3) is 10.8 Å². The first-order valence-corrected chi connectivity index (χ1v) is 10.7. The number of carbonyl (C=O) groups excluding carboxylic acids is 2. The number of piperidine rings is 1. The zero-order valence-electron chi connectivity index (χ0n) is 16.9. The minimum absolute atomic E-state index is 0.0666. The summed E-state index contributed by atoms with van der Waals surface area (Å²) in [6, 6.07) is 9.11. The van der Waals surface area contributed by atoms with E-state index in [1.807, 2.05) is 51.1 Å². The second-order valence-corrected chi connectivity index (χ2v) is 9.86. The van der Waals surface area contributed by atoms with Gasteiger partial charge in [-0.15, -0.1) is 0 Å². The van der Waals surface area contributed by atoms with Gasteiger partial charge in [0.15, 0.2) is 0 Å². The number of likely N-dealkylation sites (tertiary alicyclic amines) is 1. The van der Waals surface area contributed by atoms with Crippen molar-refractivity contribution in [3.8, 4) is 0 Å². The van der Waals surface area contributed by atoms with Crippen molar-refractivity contribution < 1.29 is 14.3 Å². The molecule has 0 aromatic heterocycles. The Morgan fingerprint density at radius 2 is 1.97 bits per heavy atom. The number of halogens is 1. The van der Waals surface area contributed by atoms with Crippen LogP contribution in [0, 0.1) is 5.92 Å². The summed E-state index contributed by atoms with van der Waals surface area (Å²) < 4.78 is 6.54. The standard InChI is InChI=1S/C22H26BrN3O3/c1-22(2,3)29-21(28)26-15-7-4-13(11-15)19(26)20(27)25-17-9-5-12-10-14(23)6-8-16(12)18(17)24/h5-6,8-10,13,15,19H,4,7,11,24H2,1-3H3,(H,25,27)/t13-,15+,19+/m1/s1. The van der Waals surface area contributed by atoms with Gasteiger partial charge in [-0.05, 0) is 69.5 Å². The Morgan fingerprint density at radius 1 is 1.21 bits per heavy atom. The molecule has 29 heavy (non-hydrogen) atoms. The number of amides is 2. The van der Waals surface area contributed by atoms with Gasteiger partial charge in [0.2, 0.25) is 5.91 Å². The van der Waals surface area contributed by atoms with Crippen LogP contribution < -0.4 is 11.1 Å². The highest BCUT2D eigenvalue weighted by Gasteiger charge is 2.52. The molecule has 3 N–H and O–H groups in total. The van der Waals surface area contributed by atoms with Crippen LogP contribution >= 0.6 is 15.9 Å². The number of hydrogen-bond acceptors (Lipinski definition) is 4. The molecule has 7 heteroatoms. The molecule has 0 spiro atoms. The molecule has 1 aliphatic carbocycles. The highest BCUT2D eigenvalue weighted by atomic mass is 79.9. The average molecular weight is 460 g/mol. The van der Waals surface area contributed by atoms with Crippen molar-refractivity contribution in [1.29, 1.82) is 0 Å². The predicted octanol–water partition coefficient (Wildman–Crippen LogP) is 4.91. The van der Waals surface area contributed by atoms with Crippen molar-refractivity contribution in [2.75, 3.05) is 11.1 Å². The van der Waals surface area contributed by atoms with Crippen LogP contribution in [0.5, 0.6) is 0 Å². The van der Waals surface area contributed by atoms with Crippen LogP contribution in [0.3, 0.4) is 0 Å². The summed E-state index contributed by atoms with van der Waals surface area (Å²) in [5.74, 6) is -0.0450. The molecule has 2 amide bonds. The van der Waals surface area contributed by atoms with Crippen LogP contribution in [-0.2, 0) is 9.53 Å². The van der Waals surface area contributed by atoms with E-state index in [0.29, 0.717) is 11.4 Å². The SMILES string of the molecule is CC(C)(C)OC(=O)N1[C@H]2CC[C@H](C2)[C@H]1C(=O)Nc1ccc2cc(Br)ccc2c1N. The molecule has 1 saturated heterocycles. The van der Waals surface area contributed by atoms with E-state index in [1.54, 1.807) is 4.90 Å². The molecule has 2 fully saturated rings. The molecular weight excluding hydrogens is 434 g/mol. The maximum absolute atomic E-state index is 13.2. The molecule has 0 unspecified atom stereocenters. The van der Waals surface area contributed by atoms with Crippen molar-refractivity contribution in [2.45, 2.75) is 57.7 Å². The van der Waals surface area contributed by atoms with E-state index in [4.69, 9.17) is 10.5 Å². The summed E-state index contributed by atoms with van der Waals surface area (Å²) in [6.45, 7) is 5.51. The van der Waals surface area contributed by atoms with Gasteiger partial charge in [0, 0.05) is 15.9 Å². The summed E-state index contributed by atoms with van der Waals surface area (Å²) in [6.07, 6.45) is 2.30. The number of nitrogens with zero attached hydrogens (tertiary/aromatic N) is 1. The van der Waals surface area contributed by atoms with Crippen molar-refractivity contribution in [3.63, 3.8) is 0 Å². The van der Waals surface area contributed by atoms with E-state index in [2.05, 4.69) is 21.2 Å². The zero-order chi connectivity index (χ0) is 20.9. The summed E-state index contributed by atoms with van der Waals surface area (Å²) in [5.41, 5.74) is 6.82. The van der Waals surface area contributed by atoms with Gasteiger partial charge in [0.05, 0.1) is 11.4 Å². The number of nitrogens with two attached hydrogens (primary N) is 1. The smallest absolute Gasteiger partial charge is 0.411 e. The van der Waals surface area contributed by atoms with Crippen molar-refractivity contribution in [1.82, 2.24) is 4.90 Å². The quantitative estimate of drug-likeness (QED) is 0.624. The number of fused-ring (bicyclic) bond motifs is 3. The van der Waals surface area contributed by atoms with Crippen LogP contribution in [0.4, 0.5) is 16.2 Å². The Bertz CT molecular complexity index is 985. The lowest BCUT2D eigenvalue weighted by Gasteiger charge is -2.35. The minimum atomic E-state index is -0.600. The Balaban J connectivity index is 1.58. The van der Waals surface area contributed by atoms with Crippen molar-refractivity contribution in [2.24, 2.45) is 5.92 Å². The number of nitrogen functional groups attached to an aromatic ring is 1. The highest BCUT2D eigenvalue weighted by Crippen LogP contribution is 2.43. The fraction of sp³-hybridized carbons (Fsp3) is 0.455. The van der Waals surface area contributed by atoms with Gasteiger partial charge in [-0.3, -0.25) is 9.69 Å². The lowest BCUT2D eigenvalue weighted by atomic mass is 9.97. The van der Waals surface area contributed by atoms with Crippen LogP contribution in [-0.4, -0.2) is 34.6 Å². The summed E-state index contributed by atoms with van der Waals surface area (Å²) in [5, 5.41) is 4.83. The van der Waals surface area contributed by atoms with E-state index in [1.165, 1.54) is 0 Å². The molecule has 2 aromatic rings. The number of benzene rings is 2. The Hall–Kier alpha value is -2.28. The molecule has 2 aliphatic rings. The number of anilines is 2. The second kappa shape index (κ2) is 7.20. The normalized spacial score (nSPS) is 23.4. The number of nitrogens with one attached hydrogen (secondary N) is 1. The maximum Gasteiger partial charge on any atom is 0.411 e.